The van der Waals surface area contributed by atoms with E-state index in [1.54, 1.807) is 0 Å². The van der Waals surface area contributed by atoms with Crippen LogP contribution in [0.3, 0.4) is 0 Å². The molecular formula is C34H54N2O. The zero-order valence-electron chi connectivity index (χ0n) is 23.8. The minimum atomic E-state index is 0.795. The van der Waals surface area contributed by atoms with Crippen molar-refractivity contribution >= 4 is 11.4 Å². The summed E-state index contributed by atoms with van der Waals surface area (Å²) in [5.41, 5.74) is 1.71. The van der Waals surface area contributed by atoms with E-state index in [9.17, 15) is 0 Å². The van der Waals surface area contributed by atoms with Crippen LogP contribution < -0.4 is 4.74 Å². The molecule has 0 heterocycles. The lowest BCUT2D eigenvalue weighted by atomic mass is 10.0. The minimum Gasteiger partial charge on any atom is -0.494 e. The Hall–Kier alpha value is -2.16. The SMILES string of the molecule is CCCCCCCCCCCCCCCCCCCCCCOc1ccc(/N=N/c2ccccc2)cc1. The number of azo groups is 1. The summed E-state index contributed by atoms with van der Waals surface area (Å²) in [6, 6.07) is 17.7. The summed E-state index contributed by atoms with van der Waals surface area (Å²) >= 11 is 0. The van der Waals surface area contributed by atoms with Gasteiger partial charge < -0.3 is 4.74 Å². The van der Waals surface area contributed by atoms with Gasteiger partial charge in [0.2, 0.25) is 0 Å². The molecule has 37 heavy (non-hydrogen) atoms. The lowest BCUT2D eigenvalue weighted by molar-refractivity contribution is 0.304. The van der Waals surface area contributed by atoms with Gasteiger partial charge >= 0.3 is 0 Å². The molecule has 0 saturated heterocycles. The first-order valence-electron chi connectivity index (χ1n) is 15.6. The summed E-state index contributed by atoms with van der Waals surface area (Å²) in [4.78, 5) is 0. The maximum Gasteiger partial charge on any atom is 0.119 e. The van der Waals surface area contributed by atoms with Crippen LogP contribution >= 0.6 is 0 Å². The Morgan fingerprint density at radius 3 is 1.24 bits per heavy atom. The van der Waals surface area contributed by atoms with E-state index in [2.05, 4.69) is 17.2 Å². The summed E-state index contributed by atoms with van der Waals surface area (Å²) in [5, 5.41) is 8.53. The van der Waals surface area contributed by atoms with Crippen molar-refractivity contribution in [1.29, 1.82) is 0 Å². The molecular weight excluding hydrogens is 452 g/mol. The fourth-order valence-electron chi connectivity index (χ4n) is 4.77. The first-order chi connectivity index (χ1) is 18.4. The fourth-order valence-corrected chi connectivity index (χ4v) is 4.77. The van der Waals surface area contributed by atoms with Crippen molar-refractivity contribution in [2.24, 2.45) is 10.2 Å². The molecule has 0 aliphatic heterocycles. The van der Waals surface area contributed by atoms with Crippen molar-refractivity contribution in [3.8, 4) is 5.75 Å². The van der Waals surface area contributed by atoms with Gasteiger partial charge in [0, 0.05) is 0 Å². The molecule has 0 aliphatic rings. The van der Waals surface area contributed by atoms with Crippen molar-refractivity contribution in [2.45, 2.75) is 135 Å². The van der Waals surface area contributed by atoms with Gasteiger partial charge in [0.15, 0.2) is 0 Å². The van der Waals surface area contributed by atoms with Gasteiger partial charge in [-0.25, -0.2) is 0 Å². The van der Waals surface area contributed by atoms with E-state index in [1.807, 2.05) is 54.6 Å². The van der Waals surface area contributed by atoms with Crippen LogP contribution in [0.1, 0.15) is 135 Å². The van der Waals surface area contributed by atoms with E-state index in [4.69, 9.17) is 4.74 Å². The first kappa shape index (κ1) is 31.1. The molecule has 2 rings (SSSR count). The summed E-state index contributed by atoms with van der Waals surface area (Å²) in [5.74, 6) is 0.913. The second kappa shape index (κ2) is 23.0. The van der Waals surface area contributed by atoms with Gasteiger partial charge in [0.25, 0.3) is 0 Å². The zero-order chi connectivity index (χ0) is 26.1. The average Bonchev–Trinajstić information content (AvgIpc) is 2.94. The molecule has 0 N–H and O–H groups in total. The van der Waals surface area contributed by atoms with Gasteiger partial charge in [-0.05, 0) is 42.8 Å². The van der Waals surface area contributed by atoms with Crippen LogP contribution in [0, 0.1) is 0 Å². The topological polar surface area (TPSA) is 34.0 Å². The monoisotopic (exact) mass is 506 g/mol. The molecule has 0 aliphatic carbocycles. The van der Waals surface area contributed by atoms with E-state index < -0.39 is 0 Å². The van der Waals surface area contributed by atoms with E-state index >= 15 is 0 Å². The average molecular weight is 507 g/mol. The Morgan fingerprint density at radius 1 is 0.432 bits per heavy atom. The highest BCUT2D eigenvalue weighted by Crippen LogP contribution is 2.21. The Bertz CT molecular complexity index is 772. The minimum absolute atomic E-state index is 0.795. The zero-order valence-corrected chi connectivity index (χ0v) is 23.8. The number of nitrogens with zero attached hydrogens (tertiary/aromatic N) is 2. The summed E-state index contributed by atoms with van der Waals surface area (Å²) in [7, 11) is 0. The summed E-state index contributed by atoms with van der Waals surface area (Å²) in [6.45, 7) is 3.09. The highest BCUT2D eigenvalue weighted by atomic mass is 16.5. The van der Waals surface area contributed by atoms with Crippen molar-refractivity contribution < 1.29 is 4.74 Å². The second-order valence-electron chi connectivity index (χ2n) is 10.6. The Morgan fingerprint density at radius 2 is 0.811 bits per heavy atom. The van der Waals surface area contributed by atoms with Crippen molar-refractivity contribution in [2.75, 3.05) is 6.61 Å². The number of ether oxygens (including phenoxy) is 1. The number of hydrogen-bond donors (Lipinski definition) is 0. The Balaban J connectivity index is 1.30. The molecule has 0 unspecified atom stereocenters. The molecule has 3 heteroatoms. The van der Waals surface area contributed by atoms with E-state index in [1.165, 1.54) is 122 Å². The van der Waals surface area contributed by atoms with Crippen LogP contribution in [0.4, 0.5) is 11.4 Å². The lowest BCUT2D eigenvalue weighted by Gasteiger charge is -2.06. The Labute approximate surface area is 228 Å². The van der Waals surface area contributed by atoms with Crippen LogP contribution in [0.25, 0.3) is 0 Å². The van der Waals surface area contributed by atoms with E-state index in [-0.39, 0.29) is 0 Å². The lowest BCUT2D eigenvalue weighted by Crippen LogP contribution is -1.96. The second-order valence-corrected chi connectivity index (χ2v) is 10.6. The predicted molar refractivity (Wildman–Crippen MR) is 161 cm³/mol. The van der Waals surface area contributed by atoms with Crippen LogP contribution in [-0.4, -0.2) is 6.61 Å². The standard InChI is InChI=1S/C34H54N2O/c1-2-3-4-5-6-7-8-9-10-11-12-13-14-15-16-17-18-19-20-24-31-37-34-29-27-33(28-30-34)36-35-32-25-22-21-23-26-32/h21-23,25-30H,2-20,24,31H2,1H3/b36-35+. The molecule has 206 valence electrons. The van der Waals surface area contributed by atoms with E-state index in [0.717, 1.165) is 30.2 Å². The molecule has 2 aromatic rings. The quantitative estimate of drug-likeness (QED) is 0.103. The predicted octanol–water partition coefficient (Wildman–Crippen LogP) is 12.3. The molecule has 2 aromatic carbocycles. The van der Waals surface area contributed by atoms with Crippen LogP contribution in [-0.2, 0) is 0 Å². The number of unbranched alkanes of at least 4 members (excludes halogenated alkanes) is 19. The Kier molecular flexibility index (Phi) is 19.3. The van der Waals surface area contributed by atoms with Gasteiger partial charge in [-0.3, -0.25) is 0 Å². The molecule has 0 saturated carbocycles. The van der Waals surface area contributed by atoms with Gasteiger partial charge in [-0.1, -0.05) is 147 Å². The molecule has 0 amide bonds. The highest BCUT2D eigenvalue weighted by molar-refractivity contribution is 5.42. The molecule has 0 bridgehead atoms. The van der Waals surface area contributed by atoms with Crippen molar-refractivity contribution in [3.63, 3.8) is 0 Å². The summed E-state index contributed by atoms with van der Waals surface area (Å²) in [6.07, 6.45) is 28.2. The molecule has 0 atom stereocenters. The molecule has 3 nitrogen and oxygen atoms in total. The molecule has 0 fully saturated rings. The third-order valence-electron chi connectivity index (χ3n) is 7.14. The number of benzene rings is 2. The van der Waals surface area contributed by atoms with Crippen LogP contribution in [0.5, 0.6) is 5.75 Å². The fraction of sp³-hybridized carbons (Fsp3) is 0.647. The molecule has 0 radical (unpaired) electrons. The van der Waals surface area contributed by atoms with Gasteiger partial charge in [0.1, 0.15) is 5.75 Å². The van der Waals surface area contributed by atoms with Gasteiger partial charge in [0.05, 0.1) is 18.0 Å². The summed E-state index contributed by atoms with van der Waals surface area (Å²) < 4.78 is 5.89. The van der Waals surface area contributed by atoms with Crippen LogP contribution in [0.15, 0.2) is 64.8 Å². The van der Waals surface area contributed by atoms with Crippen molar-refractivity contribution in [3.05, 3.63) is 54.6 Å². The normalized spacial score (nSPS) is 11.4. The highest BCUT2D eigenvalue weighted by Gasteiger charge is 1.98. The largest absolute Gasteiger partial charge is 0.494 e. The van der Waals surface area contributed by atoms with Gasteiger partial charge in [-0.2, -0.15) is 10.2 Å². The number of hydrogen-bond acceptors (Lipinski definition) is 3. The van der Waals surface area contributed by atoms with E-state index in [0.29, 0.717) is 0 Å². The first-order valence-corrected chi connectivity index (χ1v) is 15.6. The number of rotatable bonds is 24. The molecule has 0 aromatic heterocycles. The van der Waals surface area contributed by atoms with Crippen LogP contribution in [0.2, 0.25) is 0 Å². The van der Waals surface area contributed by atoms with Gasteiger partial charge in [-0.15, -0.1) is 0 Å². The maximum absolute atomic E-state index is 5.89. The molecule has 0 spiro atoms. The smallest absolute Gasteiger partial charge is 0.119 e. The third-order valence-corrected chi connectivity index (χ3v) is 7.14. The maximum atomic E-state index is 5.89. The third kappa shape index (κ3) is 17.8. The van der Waals surface area contributed by atoms with Crippen molar-refractivity contribution in [1.82, 2.24) is 0 Å².